The van der Waals surface area contributed by atoms with Crippen LogP contribution in [0.3, 0.4) is 0 Å². The molecule has 168 valence electrons. The number of methoxy groups -OCH3 is 1. The van der Waals surface area contributed by atoms with Crippen LogP contribution in [-0.2, 0) is 17.9 Å². The minimum atomic E-state index is -0.191. The lowest BCUT2D eigenvalue weighted by atomic mass is 10.0. The highest BCUT2D eigenvalue weighted by molar-refractivity contribution is 5.92. The first-order chi connectivity index (χ1) is 16.1. The standard InChI is InChI=1S/C28H28N2O3/c1-20-7-12-23(13-8-20)30-28(31)19-33-27-16-11-22-5-3-4-6-25(22)26(27)18-29-17-21-9-14-24(32-2)15-10-21/h3-16,29H,17-19H2,1-2H3,(H,30,31). The number of hydrogen-bond donors (Lipinski definition) is 2. The maximum Gasteiger partial charge on any atom is 0.262 e. The average Bonchev–Trinajstić information content (AvgIpc) is 2.85. The Hall–Kier alpha value is -3.83. The van der Waals surface area contributed by atoms with Gasteiger partial charge in [0.25, 0.3) is 5.91 Å². The SMILES string of the molecule is COc1ccc(CNCc2c(OCC(=O)Nc3ccc(C)cc3)ccc3ccccc23)cc1. The lowest BCUT2D eigenvalue weighted by Crippen LogP contribution is -2.21. The molecule has 0 unspecified atom stereocenters. The first-order valence-corrected chi connectivity index (χ1v) is 11.0. The lowest BCUT2D eigenvalue weighted by Gasteiger charge is -2.15. The van der Waals surface area contributed by atoms with Crippen LogP contribution < -0.4 is 20.1 Å². The van der Waals surface area contributed by atoms with Crippen LogP contribution in [0.1, 0.15) is 16.7 Å². The van der Waals surface area contributed by atoms with E-state index in [0.29, 0.717) is 18.8 Å². The number of aryl methyl sites for hydroxylation is 1. The van der Waals surface area contributed by atoms with Gasteiger partial charge < -0.3 is 20.1 Å². The molecule has 0 aliphatic carbocycles. The van der Waals surface area contributed by atoms with E-state index < -0.39 is 0 Å². The summed E-state index contributed by atoms with van der Waals surface area (Å²) in [5.74, 6) is 1.35. The molecule has 0 fully saturated rings. The van der Waals surface area contributed by atoms with Gasteiger partial charge in [0.2, 0.25) is 0 Å². The summed E-state index contributed by atoms with van der Waals surface area (Å²) >= 11 is 0. The van der Waals surface area contributed by atoms with Crippen molar-refractivity contribution in [3.63, 3.8) is 0 Å². The summed E-state index contributed by atoms with van der Waals surface area (Å²) in [6.07, 6.45) is 0. The van der Waals surface area contributed by atoms with Gasteiger partial charge in [-0.2, -0.15) is 0 Å². The number of nitrogens with one attached hydrogen (secondary N) is 2. The van der Waals surface area contributed by atoms with Crippen molar-refractivity contribution < 1.29 is 14.3 Å². The molecule has 0 saturated heterocycles. The molecule has 33 heavy (non-hydrogen) atoms. The highest BCUT2D eigenvalue weighted by Crippen LogP contribution is 2.28. The normalized spacial score (nSPS) is 10.7. The summed E-state index contributed by atoms with van der Waals surface area (Å²) in [5.41, 5.74) is 4.10. The second-order valence-corrected chi connectivity index (χ2v) is 7.92. The molecule has 0 saturated carbocycles. The van der Waals surface area contributed by atoms with Gasteiger partial charge in [0.15, 0.2) is 6.61 Å². The molecule has 0 radical (unpaired) electrons. The van der Waals surface area contributed by atoms with Gasteiger partial charge in [-0.1, -0.05) is 60.2 Å². The molecule has 4 aromatic rings. The van der Waals surface area contributed by atoms with E-state index in [0.717, 1.165) is 38.9 Å². The van der Waals surface area contributed by atoms with Crippen molar-refractivity contribution in [1.29, 1.82) is 0 Å². The van der Waals surface area contributed by atoms with E-state index in [1.54, 1.807) is 7.11 Å². The summed E-state index contributed by atoms with van der Waals surface area (Å²) < 4.78 is 11.2. The Bertz CT molecular complexity index is 1220. The Morgan fingerprint density at radius 3 is 2.36 bits per heavy atom. The molecule has 0 spiro atoms. The molecule has 1 amide bonds. The van der Waals surface area contributed by atoms with Gasteiger partial charge in [-0.15, -0.1) is 0 Å². The summed E-state index contributed by atoms with van der Waals surface area (Å²) in [7, 11) is 1.66. The van der Waals surface area contributed by atoms with Gasteiger partial charge in [-0.25, -0.2) is 0 Å². The van der Waals surface area contributed by atoms with Gasteiger partial charge in [-0.05, 0) is 53.6 Å². The third kappa shape index (κ3) is 5.90. The third-order valence-electron chi connectivity index (χ3n) is 5.48. The minimum absolute atomic E-state index is 0.0578. The van der Waals surface area contributed by atoms with Crippen LogP contribution in [0, 0.1) is 6.92 Å². The van der Waals surface area contributed by atoms with Gasteiger partial charge in [-0.3, -0.25) is 4.79 Å². The van der Waals surface area contributed by atoms with E-state index in [2.05, 4.69) is 22.8 Å². The Kier molecular flexibility index (Phi) is 7.22. The van der Waals surface area contributed by atoms with Crippen molar-refractivity contribution in [2.75, 3.05) is 19.0 Å². The number of fused-ring (bicyclic) bond motifs is 1. The van der Waals surface area contributed by atoms with Crippen molar-refractivity contribution in [2.45, 2.75) is 20.0 Å². The molecule has 0 aliphatic rings. The maximum atomic E-state index is 12.4. The van der Waals surface area contributed by atoms with Gasteiger partial charge >= 0.3 is 0 Å². The number of carbonyl (C=O) groups excluding carboxylic acids is 1. The fraction of sp³-hybridized carbons (Fsp3) is 0.179. The average molecular weight is 441 g/mol. The molecule has 4 aromatic carbocycles. The summed E-state index contributed by atoms with van der Waals surface area (Å²) in [4.78, 5) is 12.4. The van der Waals surface area contributed by atoms with E-state index in [9.17, 15) is 4.79 Å². The van der Waals surface area contributed by atoms with Crippen LogP contribution in [0.5, 0.6) is 11.5 Å². The van der Waals surface area contributed by atoms with E-state index in [1.165, 1.54) is 0 Å². The second-order valence-electron chi connectivity index (χ2n) is 7.92. The predicted molar refractivity (Wildman–Crippen MR) is 133 cm³/mol. The number of rotatable bonds is 9. The maximum absolute atomic E-state index is 12.4. The van der Waals surface area contributed by atoms with Gasteiger partial charge in [0, 0.05) is 24.3 Å². The highest BCUT2D eigenvalue weighted by Gasteiger charge is 2.11. The number of benzene rings is 4. The number of carbonyl (C=O) groups is 1. The first-order valence-electron chi connectivity index (χ1n) is 11.0. The van der Waals surface area contributed by atoms with Crippen LogP contribution in [-0.4, -0.2) is 19.6 Å². The number of anilines is 1. The molecule has 0 bridgehead atoms. The summed E-state index contributed by atoms with van der Waals surface area (Å²) in [6, 6.07) is 27.9. The molecule has 0 heterocycles. The molecule has 5 heteroatoms. The molecule has 5 nitrogen and oxygen atoms in total. The minimum Gasteiger partial charge on any atom is -0.497 e. The van der Waals surface area contributed by atoms with Crippen LogP contribution in [0.2, 0.25) is 0 Å². The van der Waals surface area contributed by atoms with Crippen molar-refractivity contribution in [3.05, 3.63) is 102 Å². The van der Waals surface area contributed by atoms with E-state index >= 15 is 0 Å². The van der Waals surface area contributed by atoms with E-state index in [4.69, 9.17) is 9.47 Å². The zero-order valence-electron chi connectivity index (χ0n) is 18.9. The zero-order valence-corrected chi connectivity index (χ0v) is 18.9. The van der Waals surface area contributed by atoms with E-state index in [-0.39, 0.29) is 12.5 Å². The van der Waals surface area contributed by atoms with Crippen molar-refractivity contribution >= 4 is 22.4 Å². The number of ether oxygens (including phenoxy) is 2. The smallest absolute Gasteiger partial charge is 0.262 e. The number of amides is 1. The molecule has 0 aromatic heterocycles. The Morgan fingerprint density at radius 2 is 1.61 bits per heavy atom. The van der Waals surface area contributed by atoms with Crippen LogP contribution in [0.25, 0.3) is 10.8 Å². The Balaban J connectivity index is 1.44. The largest absolute Gasteiger partial charge is 0.497 e. The summed E-state index contributed by atoms with van der Waals surface area (Å²) in [5, 5.41) is 8.62. The van der Waals surface area contributed by atoms with Crippen molar-refractivity contribution in [1.82, 2.24) is 5.32 Å². The second kappa shape index (κ2) is 10.7. The monoisotopic (exact) mass is 440 g/mol. The van der Waals surface area contributed by atoms with Gasteiger partial charge in [0.1, 0.15) is 11.5 Å². The van der Waals surface area contributed by atoms with Gasteiger partial charge in [0.05, 0.1) is 7.11 Å². The van der Waals surface area contributed by atoms with Crippen LogP contribution >= 0.6 is 0 Å². The predicted octanol–water partition coefficient (Wildman–Crippen LogP) is 5.46. The van der Waals surface area contributed by atoms with Crippen LogP contribution in [0.4, 0.5) is 5.69 Å². The Morgan fingerprint density at radius 1 is 0.848 bits per heavy atom. The highest BCUT2D eigenvalue weighted by atomic mass is 16.5. The first kappa shape index (κ1) is 22.4. The fourth-order valence-corrected chi connectivity index (χ4v) is 3.69. The third-order valence-corrected chi connectivity index (χ3v) is 5.48. The molecule has 0 atom stereocenters. The molecular formula is C28H28N2O3. The fourth-order valence-electron chi connectivity index (χ4n) is 3.69. The van der Waals surface area contributed by atoms with Crippen molar-refractivity contribution in [3.8, 4) is 11.5 Å². The number of hydrogen-bond acceptors (Lipinski definition) is 4. The molecule has 2 N–H and O–H groups in total. The van der Waals surface area contributed by atoms with Crippen LogP contribution in [0.15, 0.2) is 84.9 Å². The topological polar surface area (TPSA) is 59.6 Å². The molecule has 0 aliphatic heterocycles. The molecule has 4 rings (SSSR count). The molecular weight excluding hydrogens is 412 g/mol. The quantitative estimate of drug-likeness (QED) is 0.363. The summed E-state index contributed by atoms with van der Waals surface area (Å²) in [6.45, 7) is 3.28. The Labute approximate surface area is 194 Å². The van der Waals surface area contributed by atoms with E-state index in [1.807, 2.05) is 79.7 Å². The van der Waals surface area contributed by atoms with Crippen molar-refractivity contribution in [2.24, 2.45) is 0 Å². The zero-order chi connectivity index (χ0) is 23.0. The lowest BCUT2D eigenvalue weighted by molar-refractivity contribution is -0.118.